The lowest BCUT2D eigenvalue weighted by Gasteiger charge is -1.99. The number of carbonyl (C=O) groups excluding carboxylic acids is 1. The van der Waals surface area contributed by atoms with Crippen LogP contribution in [0.25, 0.3) is 0 Å². The molecular formula is C6H12O4. The first-order chi connectivity index (χ1) is 4.77. The Hall–Kier alpha value is -0.610. The van der Waals surface area contributed by atoms with E-state index in [4.69, 9.17) is 5.26 Å². The van der Waals surface area contributed by atoms with Crippen molar-refractivity contribution < 1.29 is 19.7 Å². The molecule has 0 aromatic heterocycles. The first-order valence-corrected chi connectivity index (χ1v) is 3.17. The molecule has 0 aliphatic carbocycles. The maximum atomic E-state index is 10.2. The van der Waals surface area contributed by atoms with Crippen molar-refractivity contribution in [1.29, 1.82) is 0 Å². The van der Waals surface area contributed by atoms with Gasteiger partial charge in [-0.25, -0.2) is 4.89 Å². The molecular weight excluding hydrogens is 136 g/mol. The van der Waals surface area contributed by atoms with Crippen molar-refractivity contribution >= 4 is 5.97 Å². The molecule has 0 bridgehead atoms. The van der Waals surface area contributed by atoms with E-state index in [0.29, 0.717) is 19.6 Å². The molecule has 0 aromatic rings. The van der Waals surface area contributed by atoms with E-state index < -0.39 is 0 Å². The molecule has 0 spiro atoms. The molecule has 0 aromatic carbocycles. The average molecular weight is 148 g/mol. The highest BCUT2D eigenvalue weighted by Gasteiger charge is 1.91. The molecule has 1 N–H and O–H groups in total. The van der Waals surface area contributed by atoms with Crippen LogP contribution in [0.4, 0.5) is 0 Å². The van der Waals surface area contributed by atoms with Gasteiger partial charge in [-0.2, -0.15) is 0 Å². The van der Waals surface area contributed by atoms with Gasteiger partial charge in [0.1, 0.15) is 0 Å². The van der Waals surface area contributed by atoms with E-state index in [0.717, 1.165) is 6.42 Å². The Balaban J connectivity index is 2.84. The highest BCUT2D eigenvalue weighted by atomic mass is 17.1. The van der Waals surface area contributed by atoms with Gasteiger partial charge in [0.25, 0.3) is 0 Å². The molecule has 0 unspecified atom stereocenters. The van der Waals surface area contributed by atoms with Gasteiger partial charge in [-0.05, 0) is 12.8 Å². The quantitative estimate of drug-likeness (QED) is 0.271. The summed E-state index contributed by atoms with van der Waals surface area (Å²) in [6.45, 7) is 2.06. The van der Waals surface area contributed by atoms with Crippen molar-refractivity contribution in [1.82, 2.24) is 0 Å². The van der Waals surface area contributed by atoms with Crippen LogP contribution in [0.3, 0.4) is 0 Å². The molecule has 4 nitrogen and oxygen atoms in total. The van der Waals surface area contributed by atoms with Crippen molar-refractivity contribution in [3.63, 3.8) is 0 Å². The van der Waals surface area contributed by atoms with Crippen LogP contribution in [-0.4, -0.2) is 24.4 Å². The number of unbranched alkanes of at least 4 members (excludes halogenated alkanes) is 1. The van der Waals surface area contributed by atoms with Crippen LogP contribution in [0.15, 0.2) is 0 Å². The third kappa shape index (κ3) is 7.39. The second-order valence-electron chi connectivity index (χ2n) is 1.88. The fourth-order valence-corrected chi connectivity index (χ4v) is 0.485. The molecule has 0 fully saturated rings. The molecule has 0 saturated heterocycles. The summed E-state index contributed by atoms with van der Waals surface area (Å²) in [7, 11) is 0. The van der Waals surface area contributed by atoms with Gasteiger partial charge < -0.3 is 4.74 Å². The predicted molar refractivity (Wildman–Crippen MR) is 34.4 cm³/mol. The van der Waals surface area contributed by atoms with Crippen molar-refractivity contribution in [2.75, 3.05) is 13.2 Å². The van der Waals surface area contributed by atoms with Gasteiger partial charge in [0, 0.05) is 6.92 Å². The number of hydrogen-bond acceptors (Lipinski definition) is 4. The minimum atomic E-state index is -0.273. The SMILES string of the molecule is CC(=O)OCCCCOO. The van der Waals surface area contributed by atoms with Crippen molar-refractivity contribution in [2.24, 2.45) is 0 Å². The Morgan fingerprint density at radius 2 is 2.00 bits per heavy atom. The van der Waals surface area contributed by atoms with E-state index >= 15 is 0 Å². The maximum Gasteiger partial charge on any atom is 0.302 e. The summed E-state index contributed by atoms with van der Waals surface area (Å²) in [6.07, 6.45) is 1.42. The van der Waals surface area contributed by atoms with Crippen LogP contribution in [0, 0.1) is 0 Å². The normalized spacial score (nSPS) is 9.40. The van der Waals surface area contributed by atoms with Gasteiger partial charge in [0.2, 0.25) is 0 Å². The van der Waals surface area contributed by atoms with Crippen LogP contribution < -0.4 is 0 Å². The molecule has 10 heavy (non-hydrogen) atoms. The molecule has 0 aliphatic rings. The average Bonchev–Trinajstić information content (AvgIpc) is 1.87. The van der Waals surface area contributed by atoms with E-state index in [1.807, 2.05) is 0 Å². The fraction of sp³-hybridized carbons (Fsp3) is 0.833. The zero-order valence-corrected chi connectivity index (χ0v) is 6.00. The van der Waals surface area contributed by atoms with Gasteiger partial charge in [0.05, 0.1) is 13.2 Å². The largest absolute Gasteiger partial charge is 0.466 e. The molecule has 0 aliphatic heterocycles. The second kappa shape index (κ2) is 6.51. The first-order valence-electron chi connectivity index (χ1n) is 3.17. The van der Waals surface area contributed by atoms with E-state index in [1.165, 1.54) is 6.92 Å². The van der Waals surface area contributed by atoms with Crippen LogP contribution >= 0.6 is 0 Å². The third-order valence-corrected chi connectivity index (χ3v) is 0.935. The lowest BCUT2D eigenvalue weighted by molar-refractivity contribution is -0.243. The van der Waals surface area contributed by atoms with Gasteiger partial charge >= 0.3 is 5.97 Å². The van der Waals surface area contributed by atoms with Crippen molar-refractivity contribution in [3.8, 4) is 0 Å². The number of esters is 1. The Morgan fingerprint density at radius 1 is 1.40 bits per heavy atom. The van der Waals surface area contributed by atoms with Crippen LogP contribution in [0.2, 0.25) is 0 Å². The van der Waals surface area contributed by atoms with E-state index in [1.54, 1.807) is 0 Å². The smallest absolute Gasteiger partial charge is 0.302 e. The summed E-state index contributed by atoms with van der Waals surface area (Å²) in [5.74, 6) is -0.273. The van der Waals surface area contributed by atoms with Crippen molar-refractivity contribution in [3.05, 3.63) is 0 Å². The van der Waals surface area contributed by atoms with Gasteiger partial charge in [-0.3, -0.25) is 10.1 Å². The van der Waals surface area contributed by atoms with Gasteiger partial charge in [-0.15, -0.1) is 0 Å². The zero-order valence-electron chi connectivity index (χ0n) is 6.00. The van der Waals surface area contributed by atoms with Gasteiger partial charge in [-0.1, -0.05) is 0 Å². The van der Waals surface area contributed by atoms with Gasteiger partial charge in [0.15, 0.2) is 0 Å². The number of rotatable bonds is 5. The summed E-state index contributed by atoms with van der Waals surface area (Å²) in [5, 5.41) is 7.87. The van der Waals surface area contributed by atoms with E-state index in [2.05, 4.69) is 9.62 Å². The summed E-state index contributed by atoms with van der Waals surface area (Å²) in [6, 6.07) is 0. The number of ether oxygens (including phenoxy) is 1. The Bertz CT molecular complexity index is 91.7. The molecule has 0 amide bonds. The van der Waals surface area contributed by atoms with E-state index in [-0.39, 0.29) is 5.97 Å². The van der Waals surface area contributed by atoms with Crippen LogP contribution in [-0.2, 0) is 14.4 Å². The molecule has 0 saturated carbocycles. The molecule has 4 heteroatoms. The topological polar surface area (TPSA) is 55.8 Å². The zero-order chi connectivity index (χ0) is 7.82. The summed E-state index contributed by atoms with van der Waals surface area (Å²) in [5.41, 5.74) is 0. The lowest BCUT2D eigenvalue weighted by atomic mass is 10.3. The molecule has 0 rings (SSSR count). The van der Waals surface area contributed by atoms with E-state index in [9.17, 15) is 4.79 Å². The Kier molecular flexibility index (Phi) is 6.11. The molecule has 0 radical (unpaired) electrons. The minimum Gasteiger partial charge on any atom is -0.466 e. The summed E-state index contributed by atoms with van der Waals surface area (Å²) < 4.78 is 4.61. The molecule has 60 valence electrons. The highest BCUT2D eigenvalue weighted by molar-refractivity contribution is 5.65. The van der Waals surface area contributed by atoms with Crippen LogP contribution in [0.5, 0.6) is 0 Å². The highest BCUT2D eigenvalue weighted by Crippen LogP contribution is 1.89. The Morgan fingerprint density at radius 3 is 2.50 bits per heavy atom. The number of hydrogen-bond donors (Lipinski definition) is 1. The monoisotopic (exact) mass is 148 g/mol. The predicted octanol–water partition coefficient (Wildman–Crippen LogP) is 0.819. The van der Waals surface area contributed by atoms with Crippen LogP contribution in [0.1, 0.15) is 19.8 Å². The summed E-state index contributed by atoms with van der Waals surface area (Å²) in [4.78, 5) is 14.0. The fourth-order valence-electron chi connectivity index (χ4n) is 0.485. The Labute approximate surface area is 59.7 Å². The second-order valence-corrected chi connectivity index (χ2v) is 1.88. The molecule has 0 atom stereocenters. The van der Waals surface area contributed by atoms with Crippen molar-refractivity contribution in [2.45, 2.75) is 19.8 Å². The third-order valence-electron chi connectivity index (χ3n) is 0.935. The first kappa shape index (κ1) is 9.39. The standard InChI is InChI=1S/C6H12O4/c1-6(7)9-4-2-3-5-10-8/h8H,2-5H2,1H3. The molecule has 0 heterocycles. The lowest BCUT2D eigenvalue weighted by Crippen LogP contribution is -2.01. The summed E-state index contributed by atoms with van der Waals surface area (Å²) >= 11 is 0. The maximum absolute atomic E-state index is 10.2. The number of carbonyl (C=O) groups is 1. The minimum absolute atomic E-state index is 0.273.